The molecule has 2 heterocycles. The summed E-state index contributed by atoms with van der Waals surface area (Å²) in [5, 5.41) is 5.61. The molecule has 0 aliphatic carbocycles. The lowest BCUT2D eigenvalue weighted by Crippen LogP contribution is -2.28. The Balaban J connectivity index is 1.74. The van der Waals surface area contributed by atoms with Crippen molar-refractivity contribution in [3.05, 3.63) is 53.9 Å². The number of fused-ring (bicyclic) bond motifs is 1. The molecule has 22 heavy (non-hydrogen) atoms. The Bertz CT molecular complexity index is 716. The largest absolute Gasteiger partial charge is 0.482 e. The maximum Gasteiger partial charge on any atom is 0.262 e. The first-order chi connectivity index (χ1) is 10.6. The summed E-state index contributed by atoms with van der Waals surface area (Å²) in [6.45, 7) is 1.87. The van der Waals surface area contributed by atoms with E-state index in [9.17, 15) is 9.59 Å². The third-order valence-corrected chi connectivity index (χ3v) is 3.43. The molecule has 1 unspecified atom stereocenters. The summed E-state index contributed by atoms with van der Waals surface area (Å²) in [5.41, 5.74) is 2.04. The van der Waals surface area contributed by atoms with E-state index in [1.165, 1.54) is 0 Å². The van der Waals surface area contributed by atoms with Crippen LogP contribution in [0.4, 0.5) is 5.69 Å². The van der Waals surface area contributed by atoms with Gasteiger partial charge in [-0.3, -0.25) is 14.6 Å². The van der Waals surface area contributed by atoms with E-state index in [1.54, 1.807) is 30.6 Å². The second-order valence-corrected chi connectivity index (χ2v) is 5.02. The fourth-order valence-corrected chi connectivity index (χ4v) is 2.23. The van der Waals surface area contributed by atoms with E-state index in [-0.39, 0.29) is 24.5 Å². The minimum absolute atomic E-state index is 0.0362. The summed E-state index contributed by atoms with van der Waals surface area (Å²) in [5.74, 6) is 0.104. The van der Waals surface area contributed by atoms with Gasteiger partial charge in [0, 0.05) is 18.0 Å². The number of anilines is 1. The first-order valence-corrected chi connectivity index (χ1v) is 6.91. The predicted octanol–water partition coefficient (Wildman–Crippen LogP) is 1.90. The second-order valence-electron chi connectivity index (χ2n) is 5.02. The zero-order valence-electron chi connectivity index (χ0n) is 12.0. The Morgan fingerprint density at radius 2 is 2.09 bits per heavy atom. The van der Waals surface area contributed by atoms with E-state index in [4.69, 9.17) is 4.74 Å². The van der Waals surface area contributed by atoms with Crippen molar-refractivity contribution >= 4 is 17.5 Å². The molecule has 1 aliphatic rings. The molecular formula is C16H15N3O3. The third kappa shape index (κ3) is 2.90. The molecule has 1 atom stereocenters. The number of carbonyl (C=O) groups excluding carboxylic acids is 2. The van der Waals surface area contributed by atoms with Crippen molar-refractivity contribution in [1.82, 2.24) is 10.3 Å². The molecule has 3 rings (SSSR count). The smallest absolute Gasteiger partial charge is 0.262 e. The molecule has 0 bridgehead atoms. The Morgan fingerprint density at radius 3 is 2.86 bits per heavy atom. The van der Waals surface area contributed by atoms with Gasteiger partial charge < -0.3 is 15.4 Å². The molecule has 0 saturated heterocycles. The number of nitrogens with one attached hydrogen (secondary N) is 2. The fraction of sp³-hybridized carbons (Fsp3) is 0.188. The van der Waals surface area contributed by atoms with Crippen molar-refractivity contribution in [2.75, 3.05) is 11.9 Å². The van der Waals surface area contributed by atoms with Gasteiger partial charge in [0.1, 0.15) is 5.75 Å². The van der Waals surface area contributed by atoms with Gasteiger partial charge in [0.15, 0.2) is 6.61 Å². The number of ether oxygens (including phenoxy) is 1. The zero-order chi connectivity index (χ0) is 15.5. The summed E-state index contributed by atoms with van der Waals surface area (Å²) >= 11 is 0. The van der Waals surface area contributed by atoms with Crippen LogP contribution in [0.1, 0.15) is 28.9 Å². The first-order valence-electron chi connectivity index (χ1n) is 6.91. The van der Waals surface area contributed by atoms with Gasteiger partial charge in [-0.2, -0.15) is 0 Å². The van der Waals surface area contributed by atoms with Gasteiger partial charge in [0.05, 0.1) is 11.7 Å². The monoisotopic (exact) mass is 297 g/mol. The van der Waals surface area contributed by atoms with E-state index < -0.39 is 0 Å². The standard InChI is InChI=1S/C16H15N3O3/c1-10(11-4-6-17-7-5-11)18-16(21)12-2-3-13-14(8-12)22-9-15(20)19-13/h2-8,10H,9H2,1H3,(H,18,21)(H,19,20). The predicted molar refractivity (Wildman–Crippen MR) is 80.7 cm³/mol. The van der Waals surface area contributed by atoms with Gasteiger partial charge >= 0.3 is 0 Å². The Morgan fingerprint density at radius 1 is 1.32 bits per heavy atom. The minimum atomic E-state index is -0.201. The topological polar surface area (TPSA) is 80.3 Å². The highest BCUT2D eigenvalue weighted by atomic mass is 16.5. The van der Waals surface area contributed by atoms with Crippen LogP contribution in [0.3, 0.4) is 0 Å². The van der Waals surface area contributed by atoms with Crippen LogP contribution in [-0.4, -0.2) is 23.4 Å². The molecule has 2 N–H and O–H groups in total. The van der Waals surface area contributed by atoms with Crippen LogP contribution in [0.5, 0.6) is 5.75 Å². The number of benzene rings is 1. The van der Waals surface area contributed by atoms with Crippen LogP contribution < -0.4 is 15.4 Å². The highest BCUT2D eigenvalue weighted by molar-refractivity contribution is 5.99. The molecule has 0 spiro atoms. The highest BCUT2D eigenvalue weighted by Gasteiger charge is 2.18. The number of pyridine rings is 1. The van der Waals surface area contributed by atoms with Gasteiger partial charge in [-0.05, 0) is 42.8 Å². The van der Waals surface area contributed by atoms with Gasteiger partial charge in [0.25, 0.3) is 11.8 Å². The lowest BCUT2D eigenvalue weighted by Gasteiger charge is -2.19. The van der Waals surface area contributed by atoms with Crippen molar-refractivity contribution in [3.63, 3.8) is 0 Å². The van der Waals surface area contributed by atoms with Crippen molar-refractivity contribution in [2.24, 2.45) is 0 Å². The summed E-state index contributed by atoms with van der Waals surface area (Å²) in [6, 6.07) is 8.53. The molecular weight excluding hydrogens is 282 g/mol. The van der Waals surface area contributed by atoms with Crippen LogP contribution >= 0.6 is 0 Å². The number of hydrogen-bond acceptors (Lipinski definition) is 4. The van der Waals surface area contributed by atoms with Crippen LogP contribution in [0, 0.1) is 0 Å². The van der Waals surface area contributed by atoms with Gasteiger partial charge in [-0.15, -0.1) is 0 Å². The van der Waals surface area contributed by atoms with E-state index >= 15 is 0 Å². The lowest BCUT2D eigenvalue weighted by atomic mass is 10.1. The van der Waals surface area contributed by atoms with Gasteiger partial charge in [0.2, 0.25) is 0 Å². The molecule has 6 nitrogen and oxygen atoms in total. The number of hydrogen-bond donors (Lipinski definition) is 2. The Kier molecular flexibility index (Phi) is 3.74. The molecule has 2 aromatic rings. The molecule has 1 aromatic carbocycles. The molecule has 0 saturated carbocycles. The number of rotatable bonds is 3. The SMILES string of the molecule is CC(NC(=O)c1ccc2c(c1)OCC(=O)N2)c1ccncc1. The molecule has 112 valence electrons. The van der Waals surface area contributed by atoms with Crippen LogP contribution in [0.2, 0.25) is 0 Å². The molecule has 6 heteroatoms. The van der Waals surface area contributed by atoms with E-state index in [0.29, 0.717) is 17.0 Å². The molecule has 1 aliphatic heterocycles. The average molecular weight is 297 g/mol. The maximum absolute atomic E-state index is 12.3. The molecule has 1 aromatic heterocycles. The van der Waals surface area contributed by atoms with Crippen molar-refractivity contribution < 1.29 is 14.3 Å². The second kappa shape index (κ2) is 5.85. The zero-order valence-corrected chi connectivity index (χ0v) is 12.0. The first kappa shape index (κ1) is 14.1. The quantitative estimate of drug-likeness (QED) is 0.906. The van der Waals surface area contributed by atoms with E-state index in [0.717, 1.165) is 5.56 Å². The molecule has 0 radical (unpaired) electrons. The summed E-state index contributed by atoms with van der Waals surface area (Å²) in [4.78, 5) is 27.5. The van der Waals surface area contributed by atoms with Crippen LogP contribution in [0.25, 0.3) is 0 Å². The van der Waals surface area contributed by atoms with Gasteiger partial charge in [-0.1, -0.05) is 0 Å². The van der Waals surface area contributed by atoms with Crippen molar-refractivity contribution in [2.45, 2.75) is 13.0 Å². The Labute approximate surface area is 127 Å². The fourth-order valence-electron chi connectivity index (χ4n) is 2.23. The summed E-state index contributed by atoms with van der Waals surface area (Å²) in [6.07, 6.45) is 3.38. The maximum atomic E-state index is 12.3. The number of nitrogens with zero attached hydrogens (tertiary/aromatic N) is 1. The normalized spacial score (nSPS) is 14.3. The van der Waals surface area contributed by atoms with E-state index in [1.807, 2.05) is 19.1 Å². The summed E-state index contributed by atoms with van der Waals surface area (Å²) in [7, 11) is 0. The summed E-state index contributed by atoms with van der Waals surface area (Å²) < 4.78 is 5.32. The lowest BCUT2D eigenvalue weighted by molar-refractivity contribution is -0.118. The third-order valence-electron chi connectivity index (χ3n) is 3.43. The minimum Gasteiger partial charge on any atom is -0.482 e. The highest BCUT2D eigenvalue weighted by Crippen LogP contribution is 2.28. The number of carbonyl (C=O) groups is 2. The van der Waals surface area contributed by atoms with Crippen molar-refractivity contribution in [1.29, 1.82) is 0 Å². The number of aromatic nitrogens is 1. The van der Waals surface area contributed by atoms with Crippen LogP contribution in [-0.2, 0) is 4.79 Å². The van der Waals surface area contributed by atoms with Gasteiger partial charge in [-0.25, -0.2) is 0 Å². The van der Waals surface area contributed by atoms with E-state index in [2.05, 4.69) is 15.6 Å². The number of amides is 2. The van der Waals surface area contributed by atoms with Crippen molar-refractivity contribution in [3.8, 4) is 5.75 Å². The molecule has 0 fully saturated rings. The molecule has 2 amide bonds. The average Bonchev–Trinajstić information content (AvgIpc) is 2.55. The Hall–Kier alpha value is -2.89. The van der Waals surface area contributed by atoms with Crippen LogP contribution in [0.15, 0.2) is 42.7 Å².